The highest BCUT2D eigenvalue weighted by molar-refractivity contribution is 6.07. The maximum Gasteiger partial charge on any atom is 0.322 e. The zero-order valence-electron chi connectivity index (χ0n) is 7.02. The first-order chi connectivity index (χ1) is 5.65. The van der Waals surface area contributed by atoms with Gasteiger partial charge < -0.3 is 5.32 Å². The first-order valence-electron chi connectivity index (χ1n) is 4.29. The molecule has 0 unspecified atom stereocenters. The van der Waals surface area contributed by atoms with Crippen molar-refractivity contribution in [2.45, 2.75) is 31.7 Å². The Bertz CT molecular complexity index is 251. The van der Waals surface area contributed by atoms with Gasteiger partial charge in [0, 0.05) is 0 Å². The molecule has 1 heterocycles. The Morgan fingerprint density at radius 3 is 2.67 bits per heavy atom. The lowest BCUT2D eigenvalue weighted by molar-refractivity contribution is -0.124. The molecule has 4 nitrogen and oxygen atoms in total. The van der Waals surface area contributed by atoms with Crippen molar-refractivity contribution in [2.75, 3.05) is 0 Å². The van der Waals surface area contributed by atoms with E-state index in [0.717, 1.165) is 19.3 Å². The fourth-order valence-corrected chi connectivity index (χ4v) is 2.21. The quantitative estimate of drug-likeness (QED) is 0.514. The first kappa shape index (κ1) is 7.58. The van der Waals surface area contributed by atoms with Gasteiger partial charge in [0.1, 0.15) is 5.54 Å². The van der Waals surface area contributed by atoms with Crippen molar-refractivity contribution in [2.24, 2.45) is 5.92 Å². The topological polar surface area (TPSA) is 58.2 Å². The maximum absolute atomic E-state index is 11.4. The number of urea groups is 1. The summed E-state index contributed by atoms with van der Waals surface area (Å²) in [6, 6.07) is -0.339. The molecule has 0 aromatic rings. The minimum atomic E-state index is -0.572. The minimum Gasteiger partial charge on any atom is -0.323 e. The Labute approximate surface area is 70.7 Å². The van der Waals surface area contributed by atoms with Crippen molar-refractivity contribution in [1.82, 2.24) is 10.6 Å². The van der Waals surface area contributed by atoms with Gasteiger partial charge in [-0.1, -0.05) is 13.3 Å². The third-order valence-electron chi connectivity index (χ3n) is 3.02. The Balaban J connectivity index is 2.31. The zero-order chi connectivity index (χ0) is 8.77. The minimum absolute atomic E-state index is 0.141. The second-order valence-corrected chi connectivity index (χ2v) is 3.67. The van der Waals surface area contributed by atoms with E-state index in [1.165, 1.54) is 0 Å². The highest BCUT2D eigenvalue weighted by Crippen LogP contribution is 2.37. The highest BCUT2D eigenvalue weighted by atomic mass is 16.2. The molecule has 2 N–H and O–H groups in total. The number of hydrogen-bond acceptors (Lipinski definition) is 2. The van der Waals surface area contributed by atoms with E-state index in [1.807, 2.05) is 6.92 Å². The van der Waals surface area contributed by atoms with E-state index in [4.69, 9.17) is 0 Å². The lowest BCUT2D eigenvalue weighted by atomic mass is 9.89. The van der Waals surface area contributed by atoms with Gasteiger partial charge in [-0.15, -0.1) is 0 Å². The largest absolute Gasteiger partial charge is 0.323 e. The molecule has 0 bridgehead atoms. The Hall–Kier alpha value is -1.06. The van der Waals surface area contributed by atoms with Crippen LogP contribution in [0.3, 0.4) is 0 Å². The molecule has 2 rings (SSSR count). The van der Waals surface area contributed by atoms with Gasteiger partial charge in [0.05, 0.1) is 0 Å². The highest BCUT2D eigenvalue weighted by Gasteiger charge is 2.52. The summed E-state index contributed by atoms with van der Waals surface area (Å²) in [6.07, 6.45) is 2.83. The van der Waals surface area contributed by atoms with Gasteiger partial charge in [-0.3, -0.25) is 10.1 Å². The van der Waals surface area contributed by atoms with Crippen LogP contribution in [0.2, 0.25) is 0 Å². The molecule has 1 aliphatic heterocycles. The van der Waals surface area contributed by atoms with Crippen molar-refractivity contribution < 1.29 is 9.59 Å². The molecule has 1 saturated heterocycles. The zero-order valence-corrected chi connectivity index (χ0v) is 7.02. The van der Waals surface area contributed by atoms with Crippen LogP contribution in [0.1, 0.15) is 26.2 Å². The predicted molar refractivity (Wildman–Crippen MR) is 42.4 cm³/mol. The van der Waals surface area contributed by atoms with Gasteiger partial charge in [0.15, 0.2) is 0 Å². The number of amides is 3. The van der Waals surface area contributed by atoms with Crippen LogP contribution in [0.25, 0.3) is 0 Å². The Morgan fingerprint density at radius 1 is 1.50 bits per heavy atom. The number of nitrogens with one attached hydrogen (secondary N) is 2. The van der Waals surface area contributed by atoms with Gasteiger partial charge in [-0.25, -0.2) is 4.79 Å². The average Bonchev–Trinajstić information content (AvgIpc) is 2.44. The molecule has 1 spiro atoms. The van der Waals surface area contributed by atoms with Gasteiger partial charge in [0.2, 0.25) is 0 Å². The third-order valence-corrected chi connectivity index (χ3v) is 3.02. The normalized spacial score (nSPS) is 40.2. The van der Waals surface area contributed by atoms with Crippen LogP contribution in [0.4, 0.5) is 4.79 Å². The van der Waals surface area contributed by atoms with Crippen molar-refractivity contribution in [3.8, 4) is 0 Å². The average molecular weight is 168 g/mol. The van der Waals surface area contributed by atoms with Crippen molar-refractivity contribution in [1.29, 1.82) is 0 Å². The lowest BCUT2D eigenvalue weighted by Gasteiger charge is -2.24. The van der Waals surface area contributed by atoms with E-state index >= 15 is 0 Å². The lowest BCUT2D eigenvalue weighted by Crippen LogP contribution is -2.48. The summed E-state index contributed by atoms with van der Waals surface area (Å²) >= 11 is 0. The van der Waals surface area contributed by atoms with E-state index in [9.17, 15) is 9.59 Å². The molecule has 66 valence electrons. The molecular weight excluding hydrogens is 156 g/mol. The van der Waals surface area contributed by atoms with Crippen LogP contribution in [0.15, 0.2) is 0 Å². The molecule has 0 aromatic heterocycles. The molecule has 1 saturated carbocycles. The summed E-state index contributed by atoms with van der Waals surface area (Å²) in [6.45, 7) is 2.01. The van der Waals surface area contributed by atoms with Crippen LogP contribution in [0.5, 0.6) is 0 Å². The van der Waals surface area contributed by atoms with Crippen molar-refractivity contribution in [3.05, 3.63) is 0 Å². The first-order valence-corrected chi connectivity index (χ1v) is 4.29. The molecule has 12 heavy (non-hydrogen) atoms. The molecule has 4 heteroatoms. The van der Waals surface area contributed by atoms with E-state index in [0.29, 0.717) is 0 Å². The molecule has 3 amide bonds. The number of imide groups is 1. The van der Waals surface area contributed by atoms with Gasteiger partial charge in [-0.2, -0.15) is 0 Å². The smallest absolute Gasteiger partial charge is 0.322 e. The summed E-state index contributed by atoms with van der Waals surface area (Å²) in [4.78, 5) is 22.3. The predicted octanol–water partition coefficient (Wildman–Crippen LogP) is 0.385. The van der Waals surface area contributed by atoms with E-state index in [2.05, 4.69) is 10.6 Å². The van der Waals surface area contributed by atoms with Crippen LogP contribution < -0.4 is 10.6 Å². The molecule has 1 aliphatic carbocycles. The van der Waals surface area contributed by atoms with Crippen LogP contribution in [-0.4, -0.2) is 17.5 Å². The molecule has 2 aliphatic rings. The fraction of sp³-hybridized carbons (Fsp3) is 0.750. The summed E-state index contributed by atoms with van der Waals surface area (Å²) in [5.74, 6) is 0.126. The fourth-order valence-electron chi connectivity index (χ4n) is 2.21. The standard InChI is InChI=1S/C8H12N2O2/c1-5-3-2-4-8(5)6(11)9-7(12)10-8/h5H,2-4H2,1H3,(H2,9,10,11,12)/t5-,8-/m0/s1. The van der Waals surface area contributed by atoms with Gasteiger partial charge >= 0.3 is 6.03 Å². The van der Waals surface area contributed by atoms with E-state index in [1.54, 1.807) is 0 Å². The molecular formula is C8H12N2O2. The SMILES string of the molecule is C[C@H]1CCC[C@]12NC(=O)NC2=O. The summed E-state index contributed by atoms with van der Waals surface area (Å²) in [7, 11) is 0. The summed E-state index contributed by atoms with van der Waals surface area (Å²) in [5, 5.41) is 5.02. The molecule has 0 aromatic carbocycles. The maximum atomic E-state index is 11.4. The Kier molecular flexibility index (Phi) is 1.40. The monoisotopic (exact) mass is 168 g/mol. The van der Waals surface area contributed by atoms with Gasteiger partial charge in [0.25, 0.3) is 5.91 Å². The summed E-state index contributed by atoms with van der Waals surface area (Å²) in [5.41, 5.74) is -0.572. The van der Waals surface area contributed by atoms with E-state index in [-0.39, 0.29) is 17.9 Å². The second-order valence-electron chi connectivity index (χ2n) is 3.67. The van der Waals surface area contributed by atoms with Crippen molar-refractivity contribution in [3.63, 3.8) is 0 Å². The van der Waals surface area contributed by atoms with Crippen molar-refractivity contribution >= 4 is 11.9 Å². The molecule has 2 atom stereocenters. The van der Waals surface area contributed by atoms with E-state index < -0.39 is 5.54 Å². The molecule has 2 fully saturated rings. The van der Waals surface area contributed by atoms with Crippen LogP contribution >= 0.6 is 0 Å². The van der Waals surface area contributed by atoms with Crippen LogP contribution in [0, 0.1) is 5.92 Å². The number of carbonyl (C=O) groups excluding carboxylic acids is 2. The third kappa shape index (κ3) is 0.777. The number of carbonyl (C=O) groups is 2. The molecule has 0 radical (unpaired) electrons. The Morgan fingerprint density at radius 2 is 2.25 bits per heavy atom. The number of rotatable bonds is 0. The van der Waals surface area contributed by atoms with Gasteiger partial charge in [-0.05, 0) is 18.8 Å². The second kappa shape index (κ2) is 2.21. The summed E-state index contributed by atoms with van der Waals surface area (Å²) < 4.78 is 0. The number of hydrogen-bond donors (Lipinski definition) is 2. The van der Waals surface area contributed by atoms with Crippen LogP contribution in [-0.2, 0) is 4.79 Å².